The fourth-order valence-corrected chi connectivity index (χ4v) is 2.56. The summed E-state index contributed by atoms with van der Waals surface area (Å²) in [5.41, 5.74) is 1.24. The number of aromatic nitrogens is 2. The molecule has 0 radical (unpaired) electrons. The van der Waals surface area contributed by atoms with Crippen LogP contribution in [0.4, 0.5) is 22.1 Å². The van der Waals surface area contributed by atoms with Crippen molar-refractivity contribution in [2.24, 2.45) is 0 Å². The second kappa shape index (κ2) is 7.63. The molecule has 1 aromatic heterocycles. The van der Waals surface area contributed by atoms with E-state index in [0.29, 0.717) is 23.9 Å². The lowest BCUT2D eigenvalue weighted by atomic mass is 10.3. The molecule has 24 heavy (non-hydrogen) atoms. The predicted molar refractivity (Wildman–Crippen MR) is 93.7 cm³/mol. The summed E-state index contributed by atoms with van der Waals surface area (Å²) in [6, 6.07) is 6.87. The molecule has 2 amide bonds. The Kier molecular flexibility index (Phi) is 5.10. The van der Waals surface area contributed by atoms with Gasteiger partial charge in [0.2, 0.25) is 5.95 Å². The van der Waals surface area contributed by atoms with Crippen molar-refractivity contribution in [2.45, 2.75) is 19.8 Å². The van der Waals surface area contributed by atoms with Crippen LogP contribution in [0.3, 0.4) is 0 Å². The van der Waals surface area contributed by atoms with E-state index in [4.69, 9.17) is 4.74 Å². The third kappa shape index (κ3) is 4.13. The normalized spacial score (nSPS) is 13.6. The fourth-order valence-electron chi connectivity index (χ4n) is 2.56. The monoisotopic (exact) mass is 327 g/mol. The number of urea groups is 1. The molecule has 0 spiro atoms. The van der Waals surface area contributed by atoms with Gasteiger partial charge >= 0.3 is 6.03 Å². The minimum Gasteiger partial charge on any atom is -0.494 e. The molecular formula is C17H21N5O2. The predicted octanol–water partition coefficient (Wildman–Crippen LogP) is 3.12. The summed E-state index contributed by atoms with van der Waals surface area (Å²) >= 11 is 0. The molecule has 0 unspecified atom stereocenters. The maximum absolute atomic E-state index is 12.0. The van der Waals surface area contributed by atoms with Gasteiger partial charge in [0, 0.05) is 18.8 Å². The molecule has 3 rings (SSSR count). The first-order valence-electron chi connectivity index (χ1n) is 8.12. The van der Waals surface area contributed by atoms with Crippen LogP contribution in [0.2, 0.25) is 0 Å². The number of hydrogen-bond donors (Lipinski definition) is 2. The number of nitrogens with zero attached hydrogens (tertiary/aromatic N) is 3. The number of nitrogens with one attached hydrogen (secondary N) is 2. The highest BCUT2D eigenvalue weighted by molar-refractivity contribution is 5.99. The number of carbonyl (C=O) groups is 1. The Morgan fingerprint density at radius 1 is 1.08 bits per heavy atom. The van der Waals surface area contributed by atoms with E-state index in [1.165, 1.54) is 12.8 Å². The molecule has 1 aliphatic rings. The lowest BCUT2D eigenvalue weighted by Crippen LogP contribution is -2.22. The third-order valence-electron chi connectivity index (χ3n) is 3.71. The molecule has 0 bridgehead atoms. The number of hydrogen-bond acceptors (Lipinski definition) is 5. The Balaban J connectivity index is 1.54. The van der Waals surface area contributed by atoms with Gasteiger partial charge in [0.15, 0.2) is 0 Å². The van der Waals surface area contributed by atoms with E-state index in [1.807, 2.05) is 19.1 Å². The van der Waals surface area contributed by atoms with E-state index < -0.39 is 0 Å². The van der Waals surface area contributed by atoms with Crippen LogP contribution < -0.4 is 20.3 Å². The number of amides is 2. The van der Waals surface area contributed by atoms with E-state index >= 15 is 0 Å². The largest absolute Gasteiger partial charge is 0.494 e. The lowest BCUT2D eigenvalue weighted by molar-refractivity contribution is 0.262. The maximum Gasteiger partial charge on any atom is 0.323 e. The minimum atomic E-state index is -0.336. The smallest absolute Gasteiger partial charge is 0.323 e. The van der Waals surface area contributed by atoms with E-state index in [-0.39, 0.29) is 6.03 Å². The van der Waals surface area contributed by atoms with Crippen molar-refractivity contribution in [2.75, 3.05) is 35.2 Å². The zero-order valence-corrected chi connectivity index (χ0v) is 13.7. The molecule has 2 aromatic rings. The average molecular weight is 327 g/mol. The molecule has 1 aromatic carbocycles. The first-order chi connectivity index (χ1) is 11.7. The van der Waals surface area contributed by atoms with Crippen LogP contribution in [0.15, 0.2) is 36.7 Å². The van der Waals surface area contributed by atoms with E-state index in [2.05, 4.69) is 25.5 Å². The molecule has 7 nitrogen and oxygen atoms in total. The van der Waals surface area contributed by atoms with Gasteiger partial charge in [0.1, 0.15) is 5.75 Å². The van der Waals surface area contributed by atoms with Gasteiger partial charge in [-0.1, -0.05) is 0 Å². The van der Waals surface area contributed by atoms with Crippen LogP contribution >= 0.6 is 0 Å². The van der Waals surface area contributed by atoms with Crippen molar-refractivity contribution in [1.29, 1.82) is 0 Å². The van der Waals surface area contributed by atoms with Crippen LogP contribution in [0.25, 0.3) is 0 Å². The first kappa shape index (κ1) is 16.0. The Bertz CT molecular complexity index is 666. The van der Waals surface area contributed by atoms with Crippen molar-refractivity contribution in [3.63, 3.8) is 0 Å². The highest BCUT2D eigenvalue weighted by atomic mass is 16.5. The molecule has 7 heteroatoms. The first-order valence-corrected chi connectivity index (χ1v) is 8.12. The minimum absolute atomic E-state index is 0.336. The summed E-state index contributed by atoms with van der Waals surface area (Å²) in [4.78, 5) is 22.8. The van der Waals surface area contributed by atoms with Crippen molar-refractivity contribution >= 4 is 23.4 Å². The number of benzene rings is 1. The second-order valence-corrected chi connectivity index (χ2v) is 5.50. The molecule has 2 heterocycles. The number of carbonyl (C=O) groups excluding carboxylic acids is 1. The Morgan fingerprint density at radius 2 is 1.71 bits per heavy atom. The number of ether oxygens (including phenoxy) is 1. The average Bonchev–Trinajstić information content (AvgIpc) is 3.12. The van der Waals surface area contributed by atoms with Crippen LogP contribution in [0.1, 0.15) is 19.8 Å². The molecule has 1 saturated heterocycles. The van der Waals surface area contributed by atoms with Crippen LogP contribution in [0.5, 0.6) is 5.75 Å². The van der Waals surface area contributed by atoms with Gasteiger partial charge in [-0.15, -0.1) is 0 Å². The van der Waals surface area contributed by atoms with Crippen molar-refractivity contribution in [3.05, 3.63) is 36.7 Å². The van der Waals surface area contributed by atoms with E-state index in [0.717, 1.165) is 18.8 Å². The van der Waals surface area contributed by atoms with Gasteiger partial charge in [0.05, 0.1) is 24.7 Å². The van der Waals surface area contributed by atoms with Crippen LogP contribution in [-0.4, -0.2) is 35.7 Å². The molecule has 0 saturated carbocycles. The zero-order chi connectivity index (χ0) is 16.8. The van der Waals surface area contributed by atoms with Gasteiger partial charge in [-0.25, -0.2) is 14.8 Å². The van der Waals surface area contributed by atoms with Gasteiger partial charge in [-0.2, -0.15) is 0 Å². The molecule has 2 N–H and O–H groups in total. The molecule has 1 fully saturated rings. The van der Waals surface area contributed by atoms with Gasteiger partial charge < -0.3 is 20.3 Å². The van der Waals surface area contributed by atoms with Gasteiger partial charge in [-0.05, 0) is 44.0 Å². The number of rotatable bonds is 5. The van der Waals surface area contributed by atoms with Crippen LogP contribution in [-0.2, 0) is 0 Å². The Hall–Kier alpha value is -2.83. The standard InChI is InChI=1S/C17H21N5O2/c1-2-24-15-7-5-13(6-8-15)20-17(23)21-14-11-18-16(19-12-14)22-9-3-4-10-22/h5-8,11-12H,2-4,9-10H2,1H3,(H2,20,21,23). The van der Waals surface area contributed by atoms with Crippen LogP contribution in [0, 0.1) is 0 Å². The van der Waals surface area contributed by atoms with Crippen molar-refractivity contribution < 1.29 is 9.53 Å². The van der Waals surface area contributed by atoms with Gasteiger partial charge in [-0.3, -0.25) is 0 Å². The second-order valence-electron chi connectivity index (χ2n) is 5.50. The molecule has 1 aliphatic heterocycles. The van der Waals surface area contributed by atoms with Crippen molar-refractivity contribution in [1.82, 2.24) is 9.97 Å². The quantitative estimate of drug-likeness (QED) is 0.882. The summed E-state index contributed by atoms with van der Waals surface area (Å²) in [6.07, 6.45) is 5.60. The topological polar surface area (TPSA) is 79.4 Å². The molecule has 126 valence electrons. The highest BCUT2D eigenvalue weighted by Crippen LogP contribution is 2.17. The van der Waals surface area contributed by atoms with E-state index in [1.54, 1.807) is 24.5 Å². The summed E-state index contributed by atoms with van der Waals surface area (Å²) in [5.74, 6) is 1.49. The maximum atomic E-state index is 12.0. The summed E-state index contributed by atoms with van der Waals surface area (Å²) < 4.78 is 5.37. The summed E-state index contributed by atoms with van der Waals surface area (Å²) in [6.45, 7) is 4.52. The SMILES string of the molecule is CCOc1ccc(NC(=O)Nc2cnc(N3CCCC3)nc2)cc1. The molecule has 0 atom stereocenters. The fraction of sp³-hybridized carbons (Fsp3) is 0.353. The Labute approximate surface area is 141 Å². The summed E-state index contributed by atoms with van der Waals surface area (Å²) in [7, 11) is 0. The molecule has 0 aliphatic carbocycles. The van der Waals surface area contributed by atoms with E-state index in [9.17, 15) is 4.79 Å². The Morgan fingerprint density at radius 3 is 2.33 bits per heavy atom. The van der Waals surface area contributed by atoms with Crippen molar-refractivity contribution in [3.8, 4) is 5.75 Å². The summed E-state index contributed by atoms with van der Waals surface area (Å²) in [5, 5.41) is 5.48. The lowest BCUT2D eigenvalue weighted by Gasteiger charge is -2.14. The van der Waals surface area contributed by atoms with Gasteiger partial charge in [0.25, 0.3) is 0 Å². The highest BCUT2D eigenvalue weighted by Gasteiger charge is 2.14. The zero-order valence-electron chi connectivity index (χ0n) is 13.7. The number of anilines is 3. The third-order valence-corrected chi connectivity index (χ3v) is 3.71. The molecular weight excluding hydrogens is 306 g/mol.